The van der Waals surface area contributed by atoms with Crippen LogP contribution in [0.25, 0.3) is 0 Å². The van der Waals surface area contributed by atoms with Crippen LogP contribution in [0.15, 0.2) is 29.9 Å². The molecule has 0 aromatic carbocycles. The van der Waals surface area contributed by atoms with E-state index in [1.807, 2.05) is 37.0 Å². The predicted molar refractivity (Wildman–Crippen MR) is 83.5 cm³/mol. The Morgan fingerprint density at radius 1 is 1.57 bits per heavy atom. The van der Waals surface area contributed by atoms with Crippen LogP contribution in [0.2, 0.25) is 0 Å². The summed E-state index contributed by atoms with van der Waals surface area (Å²) < 4.78 is 1.80. The highest BCUT2D eigenvalue weighted by molar-refractivity contribution is 7.09. The summed E-state index contributed by atoms with van der Waals surface area (Å²) in [6.07, 6.45) is 4.82. The second kappa shape index (κ2) is 6.17. The standard InChI is InChI=1S/C14H19N5OS/c1-18-10-12(7-16-18)19-5-4-11(9-19)17-14(20)15-8-13-3-2-6-21-13/h2-3,6-7,10-11H,4-5,8-9H2,1H3,(H2,15,17,20)/t11-/m0/s1. The van der Waals surface area contributed by atoms with Crippen LogP contribution >= 0.6 is 11.3 Å². The minimum absolute atomic E-state index is 0.0959. The second-order valence-electron chi connectivity index (χ2n) is 5.21. The van der Waals surface area contributed by atoms with Crippen LogP contribution in [0.4, 0.5) is 10.5 Å². The molecular weight excluding hydrogens is 286 g/mol. The maximum atomic E-state index is 11.9. The number of nitrogens with zero attached hydrogens (tertiary/aromatic N) is 3. The number of aromatic nitrogens is 2. The molecule has 1 fully saturated rings. The fourth-order valence-electron chi connectivity index (χ4n) is 2.50. The molecule has 6 nitrogen and oxygen atoms in total. The van der Waals surface area contributed by atoms with E-state index in [1.165, 1.54) is 0 Å². The number of thiophene rings is 1. The predicted octanol–water partition coefficient (Wildman–Crippen LogP) is 1.56. The van der Waals surface area contributed by atoms with Crippen molar-refractivity contribution in [3.63, 3.8) is 0 Å². The van der Waals surface area contributed by atoms with Crippen molar-refractivity contribution in [1.29, 1.82) is 0 Å². The Hall–Kier alpha value is -2.02. The largest absolute Gasteiger partial charge is 0.367 e. The maximum absolute atomic E-state index is 11.9. The smallest absolute Gasteiger partial charge is 0.315 e. The summed E-state index contributed by atoms with van der Waals surface area (Å²) in [6, 6.07) is 4.10. The number of carbonyl (C=O) groups excluding carboxylic acids is 1. The van der Waals surface area contributed by atoms with Gasteiger partial charge in [-0.05, 0) is 17.9 Å². The summed E-state index contributed by atoms with van der Waals surface area (Å²) in [7, 11) is 1.91. The number of nitrogens with one attached hydrogen (secondary N) is 2. The van der Waals surface area contributed by atoms with E-state index in [2.05, 4.69) is 20.6 Å². The summed E-state index contributed by atoms with van der Waals surface area (Å²) in [6.45, 7) is 2.36. The fourth-order valence-corrected chi connectivity index (χ4v) is 3.15. The Morgan fingerprint density at radius 3 is 3.19 bits per heavy atom. The van der Waals surface area contributed by atoms with Crippen LogP contribution in [0.1, 0.15) is 11.3 Å². The Morgan fingerprint density at radius 2 is 2.48 bits per heavy atom. The Bertz CT molecular complexity index is 594. The number of hydrogen-bond donors (Lipinski definition) is 2. The monoisotopic (exact) mass is 305 g/mol. The molecule has 1 aliphatic heterocycles. The molecule has 112 valence electrons. The van der Waals surface area contributed by atoms with Crippen molar-refractivity contribution in [3.8, 4) is 0 Å². The van der Waals surface area contributed by atoms with Gasteiger partial charge in [0, 0.05) is 37.3 Å². The average Bonchev–Trinajstić information content (AvgIpc) is 3.17. The lowest BCUT2D eigenvalue weighted by molar-refractivity contribution is 0.237. The Kier molecular flexibility index (Phi) is 4.10. The van der Waals surface area contributed by atoms with Gasteiger partial charge in [-0.15, -0.1) is 11.3 Å². The molecule has 0 bridgehead atoms. The summed E-state index contributed by atoms with van der Waals surface area (Å²) in [4.78, 5) is 15.3. The van der Waals surface area contributed by atoms with Gasteiger partial charge in [0.15, 0.2) is 0 Å². The topological polar surface area (TPSA) is 62.2 Å². The van der Waals surface area contributed by atoms with Crippen LogP contribution in [0.3, 0.4) is 0 Å². The van der Waals surface area contributed by atoms with E-state index >= 15 is 0 Å². The number of anilines is 1. The molecule has 2 aromatic heterocycles. The van der Waals surface area contributed by atoms with E-state index in [-0.39, 0.29) is 12.1 Å². The molecule has 2 N–H and O–H groups in total. The van der Waals surface area contributed by atoms with Gasteiger partial charge in [0.05, 0.1) is 18.4 Å². The first kappa shape index (κ1) is 13.9. The lowest BCUT2D eigenvalue weighted by Gasteiger charge is -2.17. The number of hydrogen-bond acceptors (Lipinski definition) is 4. The van der Waals surface area contributed by atoms with Crippen molar-refractivity contribution in [1.82, 2.24) is 20.4 Å². The molecule has 0 spiro atoms. The van der Waals surface area contributed by atoms with E-state index in [1.54, 1.807) is 16.0 Å². The van der Waals surface area contributed by atoms with Crippen molar-refractivity contribution in [3.05, 3.63) is 34.8 Å². The molecule has 3 heterocycles. The van der Waals surface area contributed by atoms with Crippen LogP contribution < -0.4 is 15.5 Å². The fraction of sp³-hybridized carbons (Fsp3) is 0.429. The molecule has 21 heavy (non-hydrogen) atoms. The number of rotatable bonds is 4. The summed E-state index contributed by atoms with van der Waals surface area (Å²) in [5.41, 5.74) is 1.11. The Labute approximate surface area is 127 Å². The van der Waals surface area contributed by atoms with Crippen LogP contribution in [-0.4, -0.2) is 34.9 Å². The van der Waals surface area contributed by atoms with Gasteiger partial charge >= 0.3 is 6.03 Å². The molecule has 3 rings (SSSR count). The van der Waals surface area contributed by atoms with E-state index in [4.69, 9.17) is 0 Å². The second-order valence-corrected chi connectivity index (χ2v) is 6.24. The van der Waals surface area contributed by atoms with Gasteiger partial charge in [0.1, 0.15) is 0 Å². The zero-order chi connectivity index (χ0) is 14.7. The molecule has 7 heteroatoms. The molecule has 0 unspecified atom stereocenters. The maximum Gasteiger partial charge on any atom is 0.315 e. The molecule has 0 saturated carbocycles. The van der Waals surface area contributed by atoms with Crippen LogP contribution in [0, 0.1) is 0 Å². The van der Waals surface area contributed by atoms with Gasteiger partial charge in [-0.1, -0.05) is 6.07 Å². The quantitative estimate of drug-likeness (QED) is 0.901. The van der Waals surface area contributed by atoms with Crippen molar-refractivity contribution >= 4 is 23.1 Å². The molecule has 0 radical (unpaired) electrons. The van der Waals surface area contributed by atoms with Gasteiger partial charge in [0.2, 0.25) is 0 Å². The molecule has 2 amide bonds. The van der Waals surface area contributed by atoms with Gasteiger partial charge < -0.3 is 15.5 Å². The van der Waals surface area contributed by atoms with Crippen molar-refractivity contribution < 1.29 is 4.79 Å². The number of urea groups is 1. The summed E-state index contributed by atoms with van der Waals surface area (Å²) >= 11 is 1.65. The van der Waals surface area contributed by atoms with Crippen LogP contribution in [0.5, 0.6) is 0 Å². The van der Waals surface area contributed by atoms with E-state index in [9.17, 15) is 4.79 Å². The third kappa shape index (κ3) is 3.55. The highest BCUT2D eigenvalue weighted by atomic mass is 32.1. The van der Waals surface area contributed by atoms with Gasteiger partial charge in [-0.25, -0.2) is 4.79 Å². The number of carbonyl (C=O) groups is 1. The molecule has 0 aliphatic carbocycles. The van der Waals surface area contributed by atoms with E-state index in [0.717, 1.165) is 30.1 Å². The van der Waals surface area contributed by atoms with E-state index < -0.39 is 0 Å². The third-order valence-corrected chi connectivity index (χ3v) is 4.46. The number of aryl methyl sites for hydroxylation is 1. The first-order valence-electron chi connectivity index (χ1n) is 7.01. The van der Waals surface area contributed by atoms with Crippen molar-refractivity contribution in [2.24, 2.45) is 7.05 Å². The SMILES string of the molecule is Cn1cc(N2CC[C@H](NC(=O)NCc3cccs3)C2)cn1. The zero-order valence-electron chi connectivity index (χ0n) is 12.0. The normalized spacial score (nSPS) is 18.0. The molecule has 2 aromatic rings. The highest BCUT2D eigenvalue weighted by Crippen LogP contribution is 2.19. The Balaban J connectivity index is 1.45. The van der Waals surface area contributed by atoms with Crippen molar-refractivity contribution in [2.75, 3.05) is 18.0 Å². The molecule has 1 aliphatic rings. The first-order valence-corrected chi connectivity index (χ1v) is 7.89. The lowest BCUT2D eigenvalue weighted by Crippen LogP contribution is -2.43. The molecule has 1 saturated heterocycles. The minimum Gasteiger partial charge on any atom is -0.367 e. The van der Waals surface area contributed by atoms with Gasteiger partial charge in [-0.2, -0.15) is 5.10 Å². The van der Waals surface area contributed by atoms with E-state index in [0.29, 0.717) is 6.54 Å². The van der Waals surface area contributed by atoms with Crippen molar-refractivity contribution in [2.45, 2.75) is 19.0 Å². The summed E-state index contributed by atoms with van der Waals surface area (Å²) in [5, 5.41) is 12.1. The van der Waals surface area contributed by atoms with Gasteiger partial charge in [-0.3, -0.25) is 4.68 Å². The summed E-state index contributed by atoms with van der Waals surface area (Å²) in [5.74, 6) is 0. The zero-order valence-corrected chi connectivity index (χ0v) is 12.8. The van der Waals surface area contributed by atoms with Gasteiger partial charge in [0.25, 0.3) is 0 Å². The third-order valence-electron chi connectivity index (χ3n) is 3.58. The molecule has 1 atom stereocenters. The minimum atomic E-state index is -0.0959. The number of amides is 2. The van der Waals surface area contributed by atoms with Crippen LogP contribution in [-0.2, 0) is 13.6 Å². The average molecular weight is 305 g/mol. The lowest BCUT2D eigenvalue weighted by atomic mass is 10.3. The first-order chi connectivity index (χ1) is 10.2. The molecular formula is C14H19N5OS. The highest BCUT2D eigenvalue weighted by Gasteiger charge is 2.24.